The highest BCUT2D eigenvalue weighted by atomic mass is 16.5. The van der Waals surface area contributed by atoms with Crippen molar-refractivity contribution in [2.75, 3.05) is 13.1 Å². The molecule has 1 unspecified atom stereocenters. The maximum absolute atomic E-state index is 5.48. The van der Waals surface area contributed by atoms with Crippen LogP contribution in [0.1, 0.15) is 41.8 Å². The Morgan fingerprint density at radius 1 is 1.25 bits per heavy atom. The third-order valence-electron chi connectivity index (χ3n) is 4.00. The zero-order valence-corrected chi connectivity index (χ0v) is 12.4. The summed E-state index contributed by atoms with van der Waals surface area (Å²) in [6.45, 7) is 8.34. The molecule has 1 fully saturated rings. The predicted octanol–water partition coefficient (Wildman–Crippen LogP) is 2.53. The molecule has 0 spiro atoms. The lowest BCUT2D eigenvalue weighted by Crippen LogP contribution is -2.25. The van der Waals surface area contributed by atoms with Crippen molar-refractivity contribution in [2.24, 2.45) is 0 Å². The van der Waals surface area contributed by atoms with Gasteiger partial charge in [-0.2, -0.15) is 4.98 Å². The lowest BCUT2D eigenvalue weighted by atomic mass is 9.90. The van der Waals surface area contributed by atoms with Crippen LogP contribution in [0.2, 0.25) is 0 Å². The third-order valence-corrected chi connectivity index (χ3v) is 4.00. The van der Waals surface area contributed by atoms with Crippen molar-refractivity contribution in [3.8, 4) is 0 Å². The van der Waals surface area contributed by atoms with E-state index in [4.69, 9.17) is 4.52 Å². The molecule has 3 rings (SSSR count). The molecule has 1 aliphatic rings. The van der Waals surface area contributed by atoms with Crippen molar-refractivity contribution < 1.29 is 4.52 Å². The minimum absolute atomic E-state index is 0.00618. The molecule has 0 bridgehead atoms. The molecule has 1 atom stereocenters. The zero-order valence-electron chi connectivity index (χ0n) is 12.4. The van der Waals surface area contributed by atoms with E-state index in [1.54, 1.807) is 0 Å². The monoisotopic (exact) mass is 271 g/mol. The van der Waals surface area contributed by atoms with E-state index in [0.717, 1.165) is 37.6 Å². The van der Waals surface area contributed by atoms with Crippen LogP contribution in [-0.2, 0) is 11.8 Å². The average Bonchev–Trinajstić information content (AvgIpc) is 2.98. The molecule has 0 amide bonds. The number of hydrogen-bond donors (Lipinski definition) is 1. The van der Waals surface area contributed by atoms with Gasteiger partial charge in [0.15, 0.2) is 5.82 Å². The molecule has 4 nitrogen and oxygen atoms in total. The van der Waals surface area contributed by atoms with Gasteiger partial charge in [-0.1, -0.05) is 34.5 Å². The van der Waals surface area contributed by atoms with E-state index in [0.29, 0.717) is 0 Å². The van der Waals surface area contributed by atoms with Crippen LogP contribution >= 0.6 is 0 Å². The molecule has 2 aromatic rings. The Labute approximate surface area is 119 Å². The van der Waals surface area contributed by atoms with Gasteiger partial charge in [0.05, 0.1) is 5.41 Å². The third kappa shape index (κ3) is 2.61. The fraction of sp³-hybridized carbons (Fsp3) is 0.500. The molecule has 0 radical (unpaired) electrons. The maximum atomic E-state index is 5.48. The summed E-state index contributed by atoms with van der Waals surface area (Å²) in [5.74, 6) is 1.54. The lowest BCUT2D eigenvalue weighted by molar-refractivity contribution is 0.304. The first kappa shape index (κ1) is 13.3. The standard InChI is InChI=1S/C16H21N3O/c1-11-6-12(2)8-13(7-11)9-14-18-15(20-19-14)16(3)4-5-17-10-16/h6-8,17H,4-5,9-10H2,1-3H3. The van der Waals surface area contributed by atoms with Crippen LogP contribution in [0.25, 0.3) is 0 Å². The first-order chi connectivity index (χ1) is 9.55. The molecular weight excluding hydrogens is 250 g/mol. The second kappa shape index (κ2) is 5.02. The average molecular weight is 271 g/mol. The van der Waals surface area contributed by atoms with Crippen LogP contribution < -0.4 is 5.32 Å². The van der Waals surface area contributed by atoms with E-state index in [9.17, 15) is 0 Å². The van der Waals surface area contributed by atoms with E-state index < -0.39 is 0 Å². The summed E-state index contributed by atoms with van der Waals surface area (Å²) in [5, 5.41) is 7.50. The van der Waals surface area contributed by atoms with E-state index in [-0.39, 0.29) is 5.41 Å². The summed E-state index contributed by atoms with van der Waals surface area (Å²) in [7, 11) is 0. The highest BCUT2D eigenvalue weighted by molar-refractivity contribution is 5.30. The number of nitrogens with zero attached hydrogens (tertiary/aromatic N) is 2. The Bertz CT molecular complexity index is 592. The van der Waals surface area contributed by atoms with Crippen molar-refractivity contribution in [3.63, 3.8) is 0 Å². The van der Waals surface area contributed by atoms with Crippen molar-refractivity contribution in [3.05, 3.63) is 46.6 Å². The summed E-state index contributed by atoms with van der Waals surface area (Å²) in [6, 6.07) is 6.54. The molecule has 106 valence electrons. The minimum atomic E-state index is -0.00618. The van der Waals surface area contributed by atoms with Crippen LogP contribution in [0.5, 0.6) is 0 Å². The highest BCUT2D eigenvalue weighted by Gasteiger charge is 2.36. The summed E-state index contributed by atoms with van der Waals surface area (Å²) < 4.78 is 5.48. The van der Waals surface area contributed by atoms with E-state index in [2.05, 4.69) is 54.4 Å². The van der Waals surface area contributed by atoms with Crippen molar-refractivity contribution in [1.82, 2.24) is 15.5 Å². The van der Waals surface area contributed by atoms with Crippen molar-refractivity contribution >= 4 is 0 Å². The van der Waals surface area contributed by atoms with E-state index in [1.807, 2.05) is 0 Å². The second-order valence-corrected chi connectivity index (χ2v) is 6.18. The Hall–Kier alpha value is -1.68. The summed E-state index contributed by atoms with van der Waals surface area (Å²) in [4.78, 5) is 4.60. The molecule has 0 saturated carbocycles. The molecule has 1 aliphatic heterocycles. The first-order valence-electron chi connectivity index (χ1n) is 7.16. The zero-order chi connectivity index (χ0) is 14.2. The Morgan fingerprint density at radius 3 is 2.65 bits per heavy atom. The van der Waals surface area contributed by atoms with E-state index in [1.165, 1.54) is 16.7 Å². The van der Waals surface area contributed by atoms with Gasteiger partial charge in [0.2, 0.25) is 5.89 Å². The molecule has 20 heavy (non-hydrogen) atoms. The lowest BCUT2D eigenvalue weighted by Gasteiger charge is -2.15. The molecule has 1 N–H and O–H groups in total. The highest BCUT2D eigenvalue weighted by Crippen LogP contribution is 2.28. The molecule has 4 heteroatoms. The Balaban J connectivity index is 1.80. The summed E-state index contributed by atoms with van der Waals surface area (Å²) in [6.07, 6.45) is 1.79. The SMILES string of the molecule is Cc1cc(C)cc(Cc2noc(C3(C)CCNC3)n2)c1. The Morgan fingerprint density at radius 2 is 2.00 bits per heavy atom. The van der Waals surface area contributed by atoms with Gasteiger partial charge in [0, 0.05) is 13.0 Å². The number of nitrogens with one attached hydrogen (secondary N) is 1. The van der Waals surface area contributed by atoms with Crippen LogP contribution in [-0.4, -0.2) is 23.2 Å². The molecule has 1 aromatic carbocycles. The topological polar surface area (TPSA) is 51.0 Å². The molecule has 2 heterocycles. The quantitative estimate of drug-likeness (QED) is 0.932. The number of rotatable bonds is 3. The van der Waals surface area contributed by atoms with Gasteiger partial charge in [-0.3, -0.25) is 0 Å². The predicted molar refractivity (Wildman–Crippen MR) is 77.9 cm³/mol. The molecule has 1 aromatic heterocycles. The number of benzene rings is 1. The molecule has 1 saturated heterocycles. The van der Waals surface area contributed by atoms with Gasteiger partial charge in [-0.25, -0.2) is 0 Å². The van der Waals surface area contributed by atoms with Gasteiger partial charge in [-0.15, -0.1) is 0 Å². The van der Waals surface area contributed by atoms with Crippen molar-refractivity contribution in [1.29, 1.82) is 0 Å². The first-order valence-corrected chi connectivity index (χ1v) is 7.16. The number of aromatic nitrogens is 2. The van der Waals surface area contributed by atoms with Crippen molar-refractivity contribution in [2.45, 2.75) is 39.0 Å². The largest absolute Gasteiger partial charge is 0.339 e. The number of aryl methyl sites for hydroxylation is 2. The minimum Gasteiger partial charge on any atom is -0.339 e. The number of hydrogen-bond acceptors (Lipinski definition) is 4. The molecular formula is C16H21N3O. The van der Waals surface area contributed by atoms with E-state index >= 15 is 0 Å². The fourth-order valence-electron chi connectivity index (χ4n) is 2.92. The smallest absolute Gasteiger partial charge is 0.233 e. The Kier molecular flexibility index (Phi) is 3.34. The van der Waals surface area contributed by atoms with Crippen LogP contribution in [0, 0.1) is 13.8 Å². The van der Waals surface area contributed by atoms with Gasteiger partial charge >= 0.3 is 0 Å². The normalized spacial score (nSPS) is 22.4. The van der Waals surface area contributed by atoms with Crippen LogP contribution in [0.4, 0.5) is 0 Å². The van der Waals surface area contributed by atoms with Gasteiger partial charge in [-0.05, 0) is 39.3 Å². The molecule has 0 aliphatic carbocycles. The van der Waals surface area contributed by atoms with Gasteiger partial charge in [0.1, 0.15) is 0 Å². The summed E-state index contributed by atoms with van der Waals surface area (Å²) in [5.41, 5.74) is 3.78. The van der Waals surface area contributed by atoms with Gasteiger partial charge in [0.25, 0.3) is 0 Å². The van der Waals surface area contributed by atoms with Crippen LogP contribution in [0.3, 0.4) is 0 Å². The van der Waals surface area contributed by atoms with Crippen LogP contribution in [0.15, 0.2) is 22.7 Å². The maximum Gasteiger partial charge on any atom is 0.233 e. The van der Waals surface area contributed by atoms with Gasteiger partial charge < -0.3 is 9.84 Å². The second-order valence-electron chi connectivity index (χ2n) is 6.18. The summed E-state index contributed by atoms with van der Waals surface area (Å²) >= 11 is 0. The fourth-order valence-corrected chi connectivity index (χ4v) is 2.92.